The first-order chi connectivity index (χ1) is 7.66. The Labute approximate surface area is 94.4 Å². The molecule has 84 valence electrons. The standard InChI is InChI=1S/C11H15N5/c1-8-6-14-11(15-7-8)9(12)5-10-13-3-4-16(10)2/h3-4,6-7,9H,5,12H2,1-2H3. The fraction of sp³-hybridized carbons (Fsp3) is 0.364. The molecule has 16 heavy (non-hydrogen) atoms. The summed E-state index contributed by atoms with van der Waals surface area (Å²) in [6, 6.07) is -0.207. The Morgan fingerprint density at radius 3 is 2.56 bits per heavy atom. The van der Waals surface area contributed by atoms with Crippen LogP contribution in [-0.4, -0.2) is 19.5 Å². The summed E-state index contributed by atoms with van der Waals surface area (Å²) in [6.07, 6.45) is 7.86. The average Bonchev–Trinajstić information content (AvgIpc) is 2.65. The molecule has 0 saturated carbocycles. The highest BCUT2D eigenvalue weighted by Gasteiger charge is 2.12. The van der Waals surface area contributed by atoms with Crippen LogP contribution in [0.25, 0.3) is 0 Å². The highest BCUT2D eigenvalue weighted by Crippen LogP contribution is 2.10. The molecule has 0 fully saturated rings. The van der Waals surface area contributed by atoms with Gasteiger partial charge < -0.3 is 10.3 Å². The van der Waals surface area contributed by atoms with Crippen molar-refractivity contribution < 1.29 is 0 Å². The Hall–Kier alpha value is -1.75. The maximum atomic E-state index is 6.03. The lowest BCUT2D eigenvalue weighted by atomic mass is 10.2. The third-order valence-corrected chi connectivity index (χ3v) is 2.46. The second-order valence-electron chi connectivity index (χ2n) is 3.88. The van der Waals surface area contributed by atoms with Crippen LogP contribution in [0.4, 0.5) is 0 Å². The van der Waals surface area contributed by atoms with Gasteiger partial charge in [0.25, 0.3) is 0 Å². The van der Waals surface area contributed by atoms with E-state index in [2.05, 4.69) is 15.0 Å². The van der Waals surface area contributed by atoms with Crippen LogP contribution in [0.15, 0.2) is 24.8 Å². The summed E-state index contributed by atoms with van der Waals surface area (Å²) in [6.45, 7) is 1.95. The van der Waals surface area contributed by atoms with Gasteiger partial charge in [-0.15, -0.1) is 0 Å². The van der Waals surface area contributed by atoms with Gasteiger partial charge in [-0.2, -0.15) is 0 Å². The Morgan fingerprint density at radius 1 is 1.31 bits per heavy atom. The second kappa shape index (κ2) is 4.40. The molecule has 2 aromatic rings. The van der Waals surface area contributed by atoms with E-state index in [9.17, 15) is 0 Å². The molecular weight excluding hydrogens is 202 g/mol. The van der Waals surface area contributed by atoms with E-state index < -0.39 is 0 Å². The molecule has 5 nitrogen and oxygen atoms in total. The van der Waals surface area contributed by atoms with Crippen molar-refractivity contribution in [3.63, 3.8) is 0 Å². The predicted molar refractivity (Wildman–Crippen MR) is 60.6 cm³/mol. The minimum atomic E-state index is -0.207. The van der Waals surface area contributed by atoms with Crippen LogP contribution in [0, 0.1) is 6.92 Å². The summed E-state index contributed by atoms with van der Waals surface area (Å²) in [5, 5.41) is 0. The zero-order chi connectivity index (χ0) is 11.5. The number of nitrogens with two attached hydrogens (primary N) is 1. The van der Waals surface area contributed by atoms with Gasteiger partial charge in [-0.1, -0.05) is 0 Å². The molecule has 1 atom stereocenters. The molecule has 2 aromatic heterocycles. The average molecular weight is 217 g/mol. The topological polar surface area (TPSA) is 69.6 Å². The number of hydrogen-bond acceptors (Lipinski definition) is 4. The van der Waals surface area contributed by atoms with Gasteiger partial charge in [0.05, 0.1) is 6.04 Å². The van der Waals surface area contributed by atoms with Gasteiger partial charge >= 0.3 is 0 Å². The largest absolute Gasteiger partial charge is 0.338 e. The lowest BCUT2D eigenvalue weighted by Gasteiger charge is -2.09. The van der Waals surface area contributed by atoms with E-state index >= 15 is 0 Å². The highest BCUT2D eigenvalue weighted by atomic mass is 15.0. The van der Waals surface area contributed by atoms with Crippen LogP contribution in [0.3, 0.4) is 0 Å². The zero-order valence-corrected chi connectivity index (χ0v) is 9.46. The summed E-state index contributed by atoms with van der Waals surface area (Å²) in [5.41, 5.74) is 7.06. The lowest BCUT2D eigenvalue weighted by Crippen LogP contribution is -2.18. The third-order valence-electron chi connectivity index (χ3n) is 2.46. The Balaban J connectivity index is 2.11. The van der Waals surface area contributed by atoms with Crippen LogP contribution in [-0.2, 0) is 13.5 Å². The number of imidazole rings is 1. The van der Waals surface area contributed by atoms with Crippen LogP contribution >= 0.6 is 0 Å². The zero-order valence-electron chi connectivity index (χ0n) is 9.46. The molecule has 2 heterocycles. The summed E-state index contributed by atoms with van der Waals surface area (Å²) in [4.78, 5) is 12.7. The molecule has 0 spiro atoms. The first-order valence-electron chi connectivity index (χ1n) is 5.17. The molecule has 0 bridgehead atoms. The molecule has 0 aromatic carbocycles. The van der Waals surface area contributed by atoms with E-state index in [0.717, 1.165) is 11.4 Å². The molecule has 2 N–H and O–H groups in total. The molecule has 0 radical (unpaired) electrons. The van der Waals surface area contributed by atoms with Crippen LogP contribution in [0.1, 0.15) is 23.3 Å². The summed E-state index contributed by atoms with van der Waals surface area (Å²) in [5.74, 6) is 1.60. The highest BCUT2D eigenvalue weighted by molar-refractivity contribution is 5.06. The van der Waals surface area contributed by atoms with Crippen molar-refractivity contribution in [2.75, 3.05) is 0 Å². The quantitative estimate of drug-likeness (QED) is 0.824. The normalized spacial score (nSPS) is 12.7. The van der Waals surface area contributed by atoms with Crippen LogP contribution in [0.5, 0.6) is 0 Å². The molecule has 0 amide bonds. The molecule has 0 saturated heterocycles. The van der Waals surface area contributed by atoms with E-state index in [1.165, 1.54) is 0 Å². The number of nitrogens with zero attached hydrogens (tertiary/aromatic N) is 4. The first-order valence-corrected chi connectivity index (χ1v) is 5.17. The summed E-state index contributed by atoms with van der Waals surface area (Å²) < 4.78 is 1.95. The van der Waals surface area contributed by atoms with Crippen molar-refractivity contribution in [3.8, 4) is 0 Å². The minimum absolute atomic E-state index is 0.207. The fourth-order valence-corrected chi connectivity index (χ4v) is 1.48. The monoisotopic (exact) mass is 217 g/mol. The first kappa shape index (κ1) is 10.8. The Bertz CT molecular complexity index is 459. The SMILES string of the molecule is Cc1cnc(C(N)Cc2nccn2C)nc1. The molecular formula is C11H15N5. The van der Waals surface area contributed by atoms with Gasteiger partial charge in [-0.3, -0.25) is 0 Å². The molecule has 0 aliphatic heterocycles. The van der Waals surface area contributed by atoms with Crippen molar-refractivity contribution in [2.24, 2.45) is 12.8 Å². The maximum absolute atomic E-state index is 6.03. The third kappa shape index (κ3) is 2.25. The number of hydrogen-bond donors (Lipinski definition) is 1. The molecule has 1 unspecified atom stereocenters. The summed E-state index contributed by atoms with van der Waals surface area (Å²) in [7, 11) is 1.95. The Kier molecular flexibility index (Phi) is 2.96. The van der Waals surface area contributed by atoms with E-state index in [4.69, 9.17) is 5.73 Å². The van der Waals surface area contributed by atoms with Crippen LogP contribution < -0.4 is 5.73 Å². The van der Waals surface area contributed by atoms with Gasteiger partial charge in [0.15, 0.2) is 0 Å². The smallest absolute Gasteiger partial charge is 0.145 e. The molecule has 5 heteroatoms. The van der Waals surface area contributed by atoms with Crippen molar-refractivity contribution in [3.05, 3.63) is 42.0 Å². The van der Waals surface area contributed by atoms with Gasteiger partial charge in [0.2, 0.25) is 0 Å². The van der Waals surface area contributed by atoms with Crippen molar-refractivity contribution in [1.29, 1.82) is 0 Å². The maximum Gasteiger partial charge on any atom is 0.145 e. The Morgan fingerprint density at radius 2 is 2.00 bits per heavy atom. The molecule has 0 aliphatic carbocycles. The fourth-order valence-electron chi connectivity index (χ4n) is 1.48. The van der Waals surface area contributed by atoms with E-state index in [0.29, 0.717) is 12.2 Å². The predicted octanol–water partition coefficient (Wildman–Crippen LogP) is 0.761. The minimum Gasteiger partial charge on any atom is -0.338 e. The summed E-state index contributed by atoms with van der Waals surface area (Å²) >= 11 is 0. The van der Waals surface area contributed by atoms with E-state index in [-0.39, 0.29) is 6.04 Å². The van der Waals surface area contributed by atoms with Crippen molar-refractivity contribution in [1.82, 2.24) is 19.5 Å². The lowest BCUT2D eigenvalue weighted by molar-refractivity contribution is 0.623. The number of aromatic nitrogens is 4. The van der Waals surface area contributed by atoms with Gasteiger partial charge in [0, 0.05) is 38.3 Å². The molecule has 2 rings (SSSR count). The number of rotatable bonds is 3. The van der Waals surface area contributed by atoms with E-state index in [1.807, 2.05) is 24.7 Å². The van der Waals surface area contributed by atoms with Crippen molar-refractivity contribution >= 4 is 0 Å². The van der Waals surface area contributed by atoms with Crippen LogP contribution in [0.2, 0.25) is 0 Å². The number of aryl methyl sites for hydroxylation is 2. The van der Waals surface area contributed by atoms with Gasteiger partial charge in [0.1, 0.15) is 11.6 Å². The second-order valence-corrected chi connectivity index (χ2v) is 3.88. The van der Waals surface area contributed by atoms with Gasteiger partial charge in [-0.25, -0.2) is 15.0 Å². The van der Waals surface area contributed by atoms with Crippen molar-refractivity contribution in [2.45, 2.75) is 19.4 Å². The van der Waals surface area contributed by atoms with E-state index in [1.54, 1.807) is 18.6 Å². The molecule has 0 aliphatic rings. The van der Waals surface area contributed by atoms with Gasteiger partial charge in [-0.05, 0) is 12.5 Å².